The zero-order valence-corrected chi connectivity index (χ0v) is 16.8. The number of hydrogen-bond acceptors (Lipinski definition) is 4. The Hall–Kier alpha value is -1.84. The van der Waals surface area contributed by atoms with E-state index in [2.05, 4.69) is 32.1 Å². The number of allylic oxidation sites excluding steroid dienone is 5. The molecule has 0 heterocycles. The molecule has 4 aliphatic carbocycles. The molecular formula is C23H30O4. The summed E-state index contributed by atoms with van der Waals surface area (Å²) < 4.78 is 10.9. The van der Waals surface area contributed by atoms with E-state index in [-0.39, 0.29) is 22.8 Å². The van der Waals surface area contributed by atoms with Gasteiger partial charge in [0.2, 0.25) is 0 Å². The van der Waals surface area contributed by atoms with Crippen molar-refractivity contribution in [3.05, 3.63) is 35.8 Å². The molecule has 146 valence electrons. The molecule has 0 amide bonds. The van der Waals surface area contributed by atoms with E-state index in [0.29, 0.717) is 29.4 Å². The van der Waals surface area contributed by atoms with Gasteiger partial charge in [-0.3, -0.25) is 9.59 Å². The van der Waals surface area contributed by atoms with Crippen LogP contribution in [0.5, 0.6) is 0 Å². The molecule has 0 bridgehead atoms. The summed E-state index contributed by atoms with van der Waals surface area (Å²) in [4.78, 5) is 22.8. The van der Waals surface area contributed by atoms with Gasteiger partial charge in [-0.1, -0.05) is 19.9 Å². The van der Waals surface area contributed by atoms with Crippen LogP contribution in [0.3, 0.4) is 0 Å². The molecule has 0 aromatic rings. The van der Waals surface area contributed by atoms with Gasteiger partial charge in [0, 0.05) is 19.3 Å². The largest absolute Gasteiger partial charge is 0.431 e. The highest BCUT2D eigenvalue weighted by Gasteiger charge is 2.58. The van der Waals surface area contributed by atoms with E-state index in [1.165, 1.54) is 20.3 Å². The molecule has 0 saturated heterocycles. The molecule has 0 aromatic carbocycles. The topological polar surface area (TPSA) is 52.6 Å². The lowest BCUT2D eigenvalue weighted by molar-refractivity contribution is -0.140. The Kier molecular flexibility index (Phi) is 4.36. The lowest BCUT2D eigenvalue weighted by Gasteiger charge is -2.57. The van der Waals surface area contributed by atoms with Gasteiger partial charge in [-0.05, 0) is 79.4 Å². The number of hydrogen-bond donors (Lipinski definition) is 0. The number of esters is 2. The fourth-order valence-electron chi connectivity index (χ4n) is 6.52. The van der Waals surface area contributed by atoms with Crippen molar-refractivity contribution in [2.75, 3.05) is 0 Å². The molecular weight excluding hydrogens is 340 g/mol. The van der Waals surface area contributed by atoms with Crippen LogP contribution in [0.15, 0.2) is 35.8 Å². The minimum atomic E-state index is -0.258. The second-order valence-corrected chi connectivity index (χ2v) is 9.28. The maximum atomic E-state index is 11.5. The van der Waals surface area contributed by atoms with E-state index in [0.717, 1.165) is 31.4 Å². The Labute approximate surface area is 161 Å². The van der Waals surface area contributed by atoms with Gasteiger partial charge in [0.1, 0.15) is 11.5 Å². The van der Waals surface area contributed by atoms with E-state index in [4.69, 9.17) is 9.47 Å². The van der Waals surface area contributed by atoms with Gasteiger partial charge in [0.05, 0.1) is 0 Å². The molecule has 0 spiro atoms. The van der Waals surface area contributed by atoms with Gasteiger partial charge < -0.3 is 9.47 Å². The average Bonchev–Trinajstić information content (AvgIpc) is 2.91. The van der Waals surface area contributed by atoms with Crippen molar-refractivity contribution in [3.8, 4) is 0 Å². The van der Waals surface area contributed by atoms with Crippen molar-refractivity contribution in [2.24, 2.45) is 34.5 Å². The summed E-state index contributed by atoms with van der Waals surface area (Å²) >= 11 is 0. The first-order valence-corrected chi connectivity index (χ1v) is 10.2. The monoisotopic (exact) mass is 370 g/mol. The van der Waals surface area contributed by atoms with Crippen LogP contribution in [0, 0.1) is 34.5 Å². The van der Waals surface area contributed by atoms with Crippen molar-refractivity contribution in [1.29, 1.82) is 0 Å². The maximum absolute atomic E-state index is 11.5. The molecule has 0 N–H and O–H groups in total. The first-order valence-electron chi connectivity index (χ1n) is 10.2. The third-order valence-corrected chi connectivity index (χ3v) is 7.84. The Bertz CT molecular complexity index is 760. The third-order valence-electron chi connectivity index (χ3n) is 7.84. The quantitative estimate of drug-likeness (QED) is 0.648. The maximum Gasteiger partial charge on any atom is 0.308 e. The number of carbonyl (C=O) groups is 2. The van der Waals surface area contributed by atoms with Gasteiger partial charge in [-0.2, -0.15) is 0 Å². The molecule has 6 unspecified atom stereocenters. The van der Waals surface area contributed by atoms with Gasteiger partial charge in [-0.25, -0.2) is 0 Å². The van der Waals surface area contributed by atoms with Gasteiger partial charge in [-0.15, -0.1) is 0 Å². The van der Waals surface area contributed by atoms with Gasteiger partial charge in [0.25, 0.3) is 0 Å². The third kappa shape index (κ3) is 2.88. The highest BCUT2D eigenvalue weighted by molar-refractivity contribution is 5.68. The summed E-state index contributed by atoms with van der Waals surface area (Å²) in [5.41, 5.74) is 0.102. The van der Waals surface area contributed by atoms with E-state index in [1.807, 2.05) is 6.08 Å². The fraction of sp³-hybridized carbons (Fsp3) is 0.652. The minimum absolute atomic E-state index is 0.00679. The summed E-state index contributed by atoms with van der Waals surface area (Å²) in [6.07, 6.45) is 14.1. The number of fused-ring (bicyclic) bond motifs is 5. The van der Waals surface area contributed by atoms with Gasteiger partial charge in [0.15, 0.2) is 0 Å². The number of ether oxygens (including phenoxy) is 2. The van der Waals surface area contributed by atoms with Crippen LogP contribution < -0.4 is 0 Å². The van der Waals surface area contributed by atoms with Crippen LogP contribution in [0.4, 0.5) is 0 Å². The van der Waals surface area contributed by atoms with Crippen LogP contribution in [0.25, 0.3) is 0 Å². The molecule has 2 saturated carbocycles. The molecule has 27 heavy (non-hydrogen) atoms. The molecule has 0 aliphatic heterocycles. The first-order chi connectivity index (χ1) is 12.7. The van der Waals surface area contributed by atoms with Crippen molar-refractivity contribution < 1.29 is 19.1 Å². The predicted octanol–water partition coefficient (Wildman–Crippen LogP) is 4.92. The molecule has 4 nitrogen and oxygen atoms in total. The molecule has 4 aliphatic rings. The zero-order valence-electron chi connectivity index (χ0n) is 16.8. The summed E-state index contributed by atoms with van der Waals surface area (Å²) in [6, 6.07) is 0. The first kappa shape index (κ1) is 18.5. The second kappa shape index (κ2) is 6.35. The summed E-state index contributed by atoms with van der Waals surface area (Å²) in [7, 11) is 0. The average molecular weight is 370 g/mol. The van der Waals surface area contributed by atoms with Crippen LogP contribution in [-0.4, -0.2) is 11.9 Å². The van der Waals surface area contributed by atoms with E-state index in [9.17, 15) is 9.59 Å². The van der Waals surface area contributed by atoms with Gasteiger partial charge >= 0.3 is 11.9 Å². The second-order valence-electron chi connectivity index (χ2n) is 9.28. The standard InChI is InChI=1S/C23H30O4/c1-14(24)26-17-9-11-22(3)16(13-17)5-6-18-19-7-8-21(27-15(2)25)23(19,4)12-10-20(18)22/h8-9,11,13,16,18-20H,5-7,10,12H2,1-4H3. The normalized spacial score (nSPS) is 42.2. The molecule has 2 fully saturated rings. The van der Waals surface area contributed by atoms with Crippen LogP contribution in [0.1, 0.15) is 59.8 Å². The Balaban J connectivity index is 1.57. The van der Waals surface area contributed by atoms with Crippen molar-refractivity contribution in [2.45, 2.75) is 59.8 Å². The minimum Gasteiger partial charge on any atom is -0.431 e. The molecule has 4 heteroatoms. The molecule has 4 rings (SSSR count). The Morgan fingerprint density at radius 3 is 2.48 bits per heavy atom. The molecule has 0 radical (unpaired) electrons. The Morgan fingerprint density at radius 2 is 1.78 bits per heavy atom. The van der Waals surface area contributed by atoms with E-state index < -0.39 is 0 Å². The SMILES string of the molecule is CC(=O)OC1=CC2CCC3C4CC=C(OC(C)=O)C4(C)CCC3C2(C)C=C1. The highest BCUT2D eigenvalue weighted by atomic mass is 16.5. The van der Waals surface area contributed by atoms with Crippen molar-refractivity contribution in [1.82, 2.24) is 0 Å². The lowest BCUT2D eigenvalue weighted by atomic mass is 9.47. The predicted molar refractivity (Wildman–Crippen MR) is 102 cm³/mol. The van der Waals surface area contributed by atoms with Crippen LogP contribution >= 0.6 is 0 Å². The van der Waals surface area contributed by atoms with Crippen LogP contribution in [0.2, 0.25) is 0 Å². The number of carbonyl (C=O) groups excluding carboxylic acids is 2. The Morgan fingerprint density at radius 1 is 1.04 bits per heavy atom. The fourth-order valence-corrected chi connectivity index (χ4v) is 6.52. The smallest absolute Gasteiger partial charge is 0.308 e. The molecule has 0 aromatic heterocycles. The van der Waals surface area contributed by atoms with Crippen molar-refractivity contribution >= 4 is 11.9 Å². The zero-order chi connectivity index (χ0) is 19.4. The summed E-state index contributed by atoms with van der Waals surface area (Å²) in [5.74, 6) is 3.37. The summed E-state index contributed by atoms with van der Waals surface area (Å²) in [5, 5.41) is 0. The molecule has 6 atom stereocenters. The number of rotatable bonds is 2. The van der Waals surface area contributed by atoms with E-state index in [1.54, 1.807) is 0 Å². The summed E-state index contributed by atoms with van der Waals surface area (Å²) in [6.45, 7) is 7.62. The lowest BCUT2D eigenvalue weighted by Crippen LogP contribution is -2.51. The van der Waals surface area contributed by atoms with E-state index >= 15 is 0 Å². The highest BCUT2D eigenvalue weighted by Crippen LogP contribution is 2.65. The van der Waals surface area contributed by atoms with Crippen molar-refractivity contribution in [3.63, 3.8) is 0 Å². The van der Waals surface area contributed by atoms with Crippen LogP contribution in [-0.2, 0) is 19.1 Å².